The number of carbonyl (C=O) groups is 2. The highest BCUT2D eigenvalue weighted by Gasteiger charge is 2.24. The van der Waals surface area contributed by atoms with Gasteiger partial charge in [-0.3, -0.25) is 9.59 Å². The van der Waals surface area contributed by atoms with E-state index in [1.54, 1.807) is 12.1 Å². The molecule has 2 unspecified atom stereocenters. The van der Waals surface area contributed by atoms with Crippen LogP contribution in [0.15, 0.2) is 12.1 Å². The van der Waals surface area contributed by atoms with Gasteiger partial charge in [-0.2, -0.15) is 0 Å². The predicted octanol–water partition coefficient (Wildman–Crippen LogP) is 2.13. The summed E-state index contributed by atoms with van der Waals surface area (Å²) >= 11 is 0. The van der Waals surface area contributed by atoms with E-state index in [1.165, 1.54) is 13.8 Å². The average Bonchev–Trinajstić information content (AvgIpc) is 2.29. The quantitative estimate of drug-likeness (QED) is 0.662. The molecule has 1 N–H and O–H groups in total. The molecule has 108 valence electrons. The molecule has 0 amide bonds. The molecule has 0 fully saturated rings. The number of rotatable bonds is 2. The van der Waals surface area contributed by atoms with E-state index >= 15 is 0 Å². The molecule has 1 aliphatic heterocycles. The number of fused-ring (bicyclic) bond motifs is 1. The van der Waals surface area contributed by atoms with Crippen LogP contribution in [0.4, 0.5) is 0 Å². The zero-order valence-corrected chi connectivity index (χ0v) is 12.1. The second-order valence-electron chi connectivity index (χ2n) is 5.18. The largest absolute Gasteiger partial charge is 0.423 e. The molecule has 1 heterocycles. The summed E-state index contributed by atoms with van der Waals surface area (Å²) in [6.07, 6.45) is 0.842. The molecule has 0 bridgehead atoms. The molecular formula is C15H19NO4. The third-order valence-corrected chi connectivity index (χ3v) is 3.24. The molecule has 0 saturated carbocycles. The topological polar surface area (TPSA) is 64.6 Å². The van der Waals surface area contributed by atoms with Crippen molar-refractivity contribution in [2.75, 3.05) is 0 Å². The highest BCUT2D eigenvalue weighted by molar-refractivity contribution is 5.74. The minimum Gasteiger partial charge on any atom is -0.423 e. The molecule has 1 aromatic rings. The maximum Gasteiger partial charge on any atom is 0.308 e. The Bertz CT molecular complexity index is 553. The zero-order valence-electron chi connectivity index (χ0n) is 12.1. The van der Waals surface area contributed by atoms with Crippen molar-refractivity contribution in [3.8, 4) is 11.5 Å². The minimum absolute atomic E-state index is 0.162. The Labute approximate surface area is 118 Å². The van der Waals surface area contributed by atoms with Crippen LogP contribution < -0.4 is 14.8 Å². The van der Waals surface area contributed by atoms with Crippen LogP contribution in [0, 0.1) is 0 Å². The summed E-state index contributed by atoms with van der Waals surface area (Å²) in [7, 11) is 0. The lowest BCUT2D eigenvalue weighted by Gasteiger charge is -2.30. The second-order valence-corrected chi connectivity index (χ2v) is 5.18. The first-order valence-electron chi connectivity index (χ1n) is 6.66. The first-order valence-corrected chi connectivity index (χ1v) is 6.66. The normalized spacial score (nSPS) is 21.0. The van der Waals surface area contributed by atoms with Gasteiger partial charge in [0, 0.05) is 25.9 Å². The first-order chi connectivity index (χ1) is 9.36. The van der Waals surface area contributed by atoms with Gasteiger partial charge in [0.05, 0.1) is 0 Å². The summed E-state index contributed by atoms with van der Waals surface area (Å²) in [5, 5.41) is 3.43. The number of hydrogen-bond acceptors (Lipinski definition) is 5. The van der Waals surface area contributed by atoms with Crippen molar-refractivity contribution in [3.63, 3.8) is 0 Å². The van der Waals surface area contributed by atoms with Crippen LogP contribution in [0.1, 0.15) is 44.9 Å². The summed E-state index contributed by atoms with van der Waals surface area (Å²) in [6.45, 7) is 6.80. The van der Waals surface area contributed by atoms with Crippen molar-refractivity contribution in [2.24, 2.45) is 0 Å². The van der Waals surface area contributed by atoms with Gasteiger partial charge in [-0.05, 0) is 43.5 Å². The minimum atomic E-state index is -0.442. The number of hydrogen-bond donors (Lipinski definition) is 1. The Kier molecular flexibility index (Phi) is 4.09. The fourth-order valence-corrected chi connectivity index (χ4v) is 2.57. The molecule has 2 rings (SSSR count). The Balaban J connectivity index is 2.46. The lowest BCUT2D eigenvalue weighted by atomic mass is 9.91. The van der Waals surface area contributed by atoms with E-state index in [0.29, 0.717) is 11.8 Å². The van der Waals surface area contributed by atoms with Gasteiger partial charge in [-0.1, -0.05) is 0 Å². The SMILES string of the molecule is CC(=O)Oc1cc2c(cc1OC(C)=O)C(C)NC(C)C2. The van der Waals surface area contributed by atoms with Crippen LogP contribution in [0.5, 0.6) is 11.5 Å². The maximum absolute atomic E-state index is 11.2. The third-order valence-electron chi connectivity index (χ3n) is 3.24. The van der Waals surface area contributed by atoms with Gasteiger partial charge >= 0.3 is 11.9 Å². The van der Waals surface area contributed by atoms with Crippen LogP contribution >= 0.6 is 0 Å². The molecule has 0 aliphatic carbocycles. The van der Waals surface area contributed by atoms with Gasteiger partial charge in [0.15, 0.2) is 11.5 Å². The van der Waals surface area contributed by atoms with E-state index in [4.69, 9.17) is 9.47 Å². The first kappa shape index (κ1) is 14.5. The molecule has 1 aliphatic rings. The third kappa shape index (κ3) is 3.17. The van der Waals surface area contributed by atoms with Crippen molar-refractivity contribution in [1.29, 1.82) is 0 Å². The highest BCUT2D eigenvalue weighted by atomic mass is 16.6. The Hall–Kier alpha value is -1.88. The Morgan fingerprint density at radius 3 is 2.20 bits per heavy atom. The van der Waals surface area contributed by atoms with E-state index in [1.807, 2.05) is 0 Å². The van der Waals surface area contributed by atoms with Gasteiger partial charge in [-0.15, -0.1) is 0 Å². The van der Waals surface area contributed by atoms with Gasteiger partial charge in [0.1, 0.15) is 0 Å². The van der Waals surface area contributed by atoms with Gasteiger partial charge in [-0.25, -0.2) is 0 Å². The molecule has 0 radical (unpaired) electrons. The van der Waals surface area contributed by atoms with E-state index in [2.05, 4.69) is 19.2 Å². The zero-order chi connectivity index (χ0) is 14.9. The van der Waals surface area contributed by atoms with E-state index in [0.717, 1.165) is 17.5 Å². The fourth-order valence-electron chi connectivity index (χ4n) is 2.57. The number of carbonyl (C=O) groups excluding carboxylic acids is 2. The number of esters is 2. The molecule has 20 heavy (non-hydrogen) atoms. The van der Waals surface area contributed by atoms with Crippen molar-refractivity contribution < 1.29 is 19.1 Å². The summed E-state index contributed by atoms with van der Waals surface area (Å²) in [5.41, 5.74) is 2.17. The van der Waals surface area contributed by atoms with Crippen LogP contribution in [0.3, 0.4) is 0 Å². The van der Waals surface area contributed by atoms with Crippen molar-refractivity contribution in [1.82, 2.24) is 5.32 Å². The van der Waals surface area contributed by atoms with Gasteiger partial charge in [0.25, 0.3) is 0 Å². The average molecular weight is 277 g/mol. The number of ether oxygens (including phenoxy) is 2. The van der Waals surface area contributed by atoms with Crippen molar-refractivity contribution in [2.45, 2.75) is 46.2 Å². The smallest absolute Gasteiger partial charge is 0.308 e. The summed E-state index contributed by atoms with van der Waals surface area (Å²) in [4.78, 5) is 22.3. The molecule has 2 atom stereocenters. The number of nitrogens with one attached hydrogen (secondary N) is 1. The lowest BCUT2D eigenvalue weighted by Crippen LogP contribution is -2.36. The number of benzene rings is 1. The standard InChI is InChI=1S/C15H19NO4/c1-8-5-12-6-14(19-10(3)17)15(20-11(4)18)7-13(12)9(2)16-8/h6-9,16H,5H2,1-4H3. The molecule has 5 nitrogen and oxygen atoms in total. The van der Waals surface area contributed by atoms with Crippen LogP contribution in [-0.2, 0) is 16.0 Å². The molecule has 1 aromatic carbocycles. The second kappa shape index (κ2) is 5.63. The molecule has 0 spiro atoms. The molecule has 0 saturated heterocycles. The van der Waals surface area contributed by atoms with Crippen LogP contribution in [0.2, 0.25) is 0 Å². The van der Waals surface area contributed by atoms with Crippen LogP contribution in [0.25, 0.3) is 0 Å². The lowest BCUT2D eigenvalue weighted by molar-refractivity contribution is -0.134. The van der Waals surface area contributed by atoms with E-state index in [-0.39, 0.29) is 11.8 Å². The molecular weight excluding hydrogens is 258 g/mol. The summed E-state index contributed by atoms with van der Waals surface area (Å²) in [5.74, 6) is -0.293. The fraction of sp³-hybridized carbons (Fsp3) is 0.467. The van der Waals surface area contributed by atoms with Gasteiger partial charge in [0.2, 0.25) is 0 Å². The van der Waals surface area contributed by atoms with Crippen LogP contribution in [-0.4, -0.2) is 18.0 Å². The highest BCUT2D eigenvalue weighted by Crippen LogP contribution is 2.36. The van der Waals surface area contributed by atoms with E-state index < -0.39 is 11.9 Å². The molecule has 0 aromatic heterocycles. The Morgan fingerprint density at radius 2 is 1.65 bits per heavy atom. The summed E-state index contributed by atoms with van der Waals surface area (Å²) in [6, 6.07) is 4.08. The predicted molar refractivity (Wildman–Crippen MR) is 73.8 cm³/mol. The summed E-state index contributed by atoms with van der Waals surface area (Å²) < 4.78 is 10.3. The maximum atomic E-state index is 11.2. The van der Waals surface area contributed by atoms with E-state index in [9.17, 15) is 9.59 Å². The molecule has 5 heteroatoms. The van der Waals surface area contributed by atoms with Crippen molar-refractivity contribution >= 4 is 11.9 Å². The van der Waals surface area contributed by atoms with Gasteiger partial charge < -0.3 is 14.8 Å². The Morgan fingerprint density at radius 1 is 1.10 bits per heavy atom. The van der Waals surface area contributed by atoms with Crippen molar-refractivity contribution in [3.05, 3.63) is 23.3 Å². The monoisotopic (exact) mass is 277 g/mol.